The largest absolute Gasteiger partial charge is 0.496 e. The first-order valence-electron chi connectivity index (χ1n) is 8.52. The highest BCUT2D eigenvalue weighted by molar-refractivity contribution is 5.82. The van der Waals surface area contributed by atoms with Crippen LogP contribution in [0.2, 0.25) is 0 Å². The summed E-state index contributed by atoms with van der Waals surface area (Å²) in [5.74, 6) is 0.885. The molecular weight excluding hydrogens is 312 g/mol. The normalized spacial score (nSPS) is 10.8. The lowest BCUT2D eigenvalue weighted by atomic mass is 10.1. The molecule has 25 heavy (non-hydrogen) atoms. The van der Waals surface area contributed by atoms with Gasteiger partial charge in [0.05, 0.1) is 7.11 Å². The topological polar surface area (TPSA) is 43.3 Å². The Morgan fingerprint density at radius 2 is 1.96 bits per heavy atom. The number of fused-ring (bicyclic) bond motifs is 1. The predicted octanol–water partition coefficient (Wildman–Crippen LogP) is 3.74. The molecule has 4 heteroatoms. The van der Waals surface area contributed by atoms with Crippen LogP contribution in [0.4, 0.5) is 0 Å². The molecule has 0 aliphatic rings. The van der Waals surface area contributed by atoms with Crippen LogP contribution in [0.3, 0.4) is 0 Å². The van der Waals surface area contributed by atoms with Gasteiger partial charge in [-0.25, -0.2) is 0 Å². The van der Waals surface area contributed by atoms with E-state index in [2.05, 4.69) is 48.1 Å². The van der Waals surface area contributed by atoms with Crippen molar-refractivity contribution in [1.82, 2.24) is 9.88 Å². The lowest BCUT2D eigenvalue weighted by molar-refractivity contribution is -0.121. The highest BCUT2D eigenvalue weighted by Gasteiger charge is 2.07. The number of carbonyl (C=O) groups is 1. The molecule has 1 amide bonds. The third-order valence-corrected chi connectivity index (χ3v) is 4.65. The number of aryl methyl sites for hydroxylation is 3. The fourth-order valence-electron chi connectivity index (χ4n) is 3.09. The second-order valence-electron chi connectivity index (χ2n) is 6.33. The van der Waals surface area contributed by atoms with E-state index in [1.807, 2.05) is 24.3 Å². The molecule has 0 radical (unpaired) electrons. The molecule has 0 aliphatic carbocycles. The van der Waals surface area contributed by atoms with E-state index >= 15 is 0 Å². The Kier molecular flexibility index (Phi) is 5.08. The number of hydrogen-bond donors (Lipinski definition) is 1. The van der Waals surface area contributed by atoms with Crippen LogP contribution in [0, 0.1) is 6.92 Å². The average molecular weight is 336 g/mol. The van der Waals surface area contributed by atoms with Crippen LogP contribution in [-0.4, -0.2) is 17.6 Å². The van der Waals surface area contributed by atoms with Gasteiger partial charge in [-0.05, 0) is 48.7 Å². The van der Waals surface area contributed by atoms with Gasteiger partial charge in [-0.15, -0.1) is 0 Å². The molecule has 1 heterocycles. The summed E-state index contributed by atoms with van der Waals surface area (Å²) < 4.78 is 7.50. The quantitative estimate of drug-likeness (QED) is 0.745. The highest BCUT2D eigenvalue weighted by Crippen LogP contribution is 2.20. The second-order valence-corrected chi connectivity index (χ2v) is 6.33. The minimum absolute atomic E-state index is 0.0512. The standard InChI is InChI=1S/C21H24N2O2/c1-15-12-18-13-16(8-10-19(18)23(15)2)14-22-21(24)11-9-17-6-4-5-7-20(17)25-3/h4-8,10,12-13H,9,11,14H2,1-3H3,(H,22,24). The van der Waals surface area contributed by atoms with Crippen LogP contribution < -0.4 is 10.1 Å². The fraction of sp³-hybridized carbons (Fsp3) is 0.286. The number of ether oxygens (including phenoxy) is 1. The van der Waals surface area contributed by atoms with E-state index in [1.165, 1.54) is 16.6 Å². The zero-order chi connectivity index (χ0) is 17.8. The van der Waals surface area contributed by atoms with E-state index in [4.69, 9.17) is 4.74 Å². The van der Waals surface area contributed by atoms with E-state index in [9.17, 15) is 4.79 Å². The van der Waals surface area contributed by atoms with Crippen LogP contribution in [0.5, 0.6) is 5.75 Å². The molecule has 0 saturated heterocycles. The van der Waals surface area contributed by atoms with Gasteiger partial charge in [0, 0.05) is 36.6 Å². The first-order chi connectivity index (χ1) is 12.1. The number of aromatic nitrogens is 1. The van der Waals surface area contributed by atoms with E-state index in [0.29, 0.717) is 19.4 Å². The summed E-state index contributed by atoms with van der Waals surface area (Å²) in [6, 6.07) is 16.3. The molecule has 0 fully saturated rings. The molecule has 0 atom stereocenters. The number of hydrogen-bond acceptors (Lipinski definition) is 2. The SMILES string of the molecule is COc1ccccc1CCC(=O)NCc1ccc2c(c1)cc(C)n2C. The summed E-state index contributed by atoms with van der Waals surface area (Å²) in [4.78, 5) is 12.2. The Balaban J connectivity index is 1.57. The maximum absolute atomic E-state index is 12.2. The van der Waals surface area contributed by atoms with Gasteiger partial charge in [0.15, 0.2) is 0 Å². The average Bonchev–Trinajstić information content (AvgIpc) is 2.92. The van der Waals surface area contributed by atoms with Gasteiger partial charge in [-0.1, -0.05) is 24.3 Å². The zero-order valence-electron chi connectivity index (χ0n) is 15.0. The van der Waals surface area contributed by atoms with Crippen molar-refractivity contribution in [3.05, 3.63) is 65.4 Å². The first-order valence-corrected chi connectivity index (χ1v) is 8.52. The van der Waals surface area contributed by atoms with Crippen molar-refractivity contribution < 1.29 is 9.53 Å². The Hall–Kier alpha value is -2.75. The number of benzene rings is 2. The monoisotopic (exact) mass is 336 g/mol. The minimum atomic E-state index is 0.0512. The van der Waals surface area contributed by atoms with E-state index in [0.717, 1.165) is 16.9 Å². The van der Waals surface area contributed by atoms with Gasteiger partial charge in [0.25, 0.3) is 0 Å². The number of nitrogens with one attached hydrogen (secondary N) is 1. The summed E-state index contributed by atoms with van der Waals surface area (Å²) in [5, 5.41) is 4.22. The number of methoxy groups -OCH3 is 1. The molecular formula is C21H24N2O2. The summed E-state index contributed by atoms with van der Waals surface area (Å²) in [6.07, 6.45) is 1.12. The highest BCUT2D eigenvalue weighted by atomic mass is 16.5. The molecule has 0 aliphatic heterocycles. The molecule has 4 nitrogen and oxygen atoms in total. The number of carbonyl (C=O) groups excluding carboxylic acids is 1. The Morgan fingerprint density at radius 3 is 2.76 bits per heavy atom. The van der Waals surface area contributed by atoms with Gasteiger partial charge in [0.2, 0.25) is 5.91 Å². The number of nitrogens with zero attached hydrogens (tertiary/aromatic N) is 1. The van der Waals surface area contributed by atoms with Crippen molar-refractivity contribution in [1.29, 1.82) is 0 Å². The van der Waals surface area contributed by atoms with Crippen molar-refractivity contribution in [3.63, 3.8) is 0 Å². The third-order valence-electron chi connectivity index (χ3n) is 4.65. The molecule has 0 spiro atoms. The second kappa shape index (κ2) is 7.43. The molecule has 3 aromatic rings. The number of rotatable bonds is 6. The van der Waals surface area contributed by atoms with E-state index < -0.39 is 0 Å². The van der Waals surface area contributed by atoms with Gasteiger partial charge < -0.3 is 14.6 Å². The van der Waals surface area contributed by atoms with Crippen molar-refractivity contribution in [2.45, 2.75) is 26.3 Å². The molecule has 2 aromatic carbocycles. The van der Waals surface area contributed by atoms with Crippen LogP contribution >= 0.6 is 0 Å². The van der Waals surface area contributed by atoms with Crippen LogP contribution in [-0.2, 0) is 24.8 Å². The number of para-hydroxylation sites is 1. The zero-order valence-corrected chi connectivity index (χ0v) is 15.0. The third kappa shape index (κ3) is 3.85. The lowest BCUT2D eigenvalue weighted by Crippen LogP contribution is -2.23. The van der Waals surface area contributed by atoms with Crippen LogP contribution in [0.1, 0.15) is 23.2 Å². The Morgan fingerprint density at radius 1 is 1.16 bits per heavy atom. The molecule has 0 bridgehead atoms. The summed E-state index contributed by atoms with van der Waals surface area (Å²) in [6.45, 7) is 2.65. The Labute approximate surface area is 148 Å². The van der Waals surface area contributed by atoms with Crippen LogP contribution in [0.25, 0.3) is 10.9 Å². The van der Waals surface area contributed by atoms with Crippen molar-refractivity contribution in [2.24, 2.45) is 7.05 Å². The predicted molar refractivity (Wildman–Crippen MR) is 101 cm³/mol. The van der Waals surface area contributed by atoms with Crippen LogP contribution in [0.15, 0.2) is 48.5 Å². The molecule has 1 aromatic heterocycles. The maximum atomic E-state index is 12.2. The van der Waals surface area contributed by atoms with Gasteiger partial charge in [-0.2, -0.15) is 0 Å². The number of amides is 1. The summed E-state index contributed by atoms with van der Waals surface area (Å²) >= 11 is 0. The molecule has 0 unspecified atom stereocenters. The summed E-state index contributed by atoms with van der Waals surface area (Å²) in [7, 11) is 3.72. The van der Waals surface area contributed by atoms with E-state index in [1.54, 1.807) is 7.11 Å². The maximum Gasteiger partial charge on any atom is 0.220 e. The first kappa shape index (κ1) is 17.1. The molecule has 130 valence electrons. The lowest BCUT2D eigenvalue weighted by Gasteiger charge is -2.09. The smallest absolute Gasteiger partial charge is 0.220 e. The minimum Gasteiger partial charge on any atom is -0.496 e. The van der Waals surface area contributed by atoms with Crippen molar-refractivity contribution in [2.75, 3.05) is 7.11 Å². The van der Waals surface area contributed by atoms with E-state index in [-0.39, 0.29) is 5.91 Å². The van der Waals surface area contributed by atoms with Gasteiger partial charge in [0.1, 0.15) is 5.75 Å². The summed E-state index contributed by atoms with van der Waals surface area (Å²) in [5.41, 5.74) is 4.61. The van der Waals surface area contributed by atoms with Crippen molar-refractivity contribution >= 4 is 16.8 Å². The van der Waals surface area contributed by atoms with Crippen molar-refractivity contribution in [3.8, 4) is 5.75 Å². The van der Waals surface area contributed by atoms with Gasteiger partial charge in [-0.3, -0.25) is 4.79 Å². The van der Waals surface area contributed by atoms with Gasteiger partial charge >= 0.3 is 0 Å². The molecule has 0 saturated carbocycles. The molecule has 3 rings (SSSR count). The fourth-order valence-corrected chi connectivity index (χ4v) is 3.09. The molecule has 1 N–H and O–H groups in total. The Bertz CT molecular complexity index is 896.